The highest BCUT2D eigenvalue weighted by Gasteiger charge is 2.20. The standard InChI is InChI=1S/C14H20N2O4/c1-14(2,3)20-13(17)16-15-10-8-18-11-6-4-5-7-12(11)19-9-10/h4-7,10,15H,8-9H2,1-3H3,(H,16,17). The van der Waals surface area contributed by atoms with Gasteiger partial charge in [-0.1, -0.05) is 12.1 Å². The minimum absolute atomic E-state index is 0.157. The highest BCUT2D eigenvalue weighted by Crippen LogP contribution is 2.28. The monoisotopic (exact) mass is 280 g/mol. The van der Waals surface area contributed by atoms with Crippen molar-refractivity contribution in [1.29, 1.82) is 0 Å². The first kappa shape index (κ1) is 14.5. The van der Waals surface area contributed by atoms with Crippen LogP contribution < -0.4 is 20.3 Å². The minimum atomic E-state index is -0.529. The molecular weight excluding hydrogens is 260 g/mol. The van der Waals surface area contributed by atoms with Crippen LogP contribution in [0.1, 0.15) is 20.8 Å². The van der Waals surface area contributed by atoms with Crippen LogP contribution >= 0.6 is 0 Å². The molecule has 20 heavy (non-hydrogen) atoms. The molecule has 1 amide bonds. The summed E-state index contributed by atoms with van der Waals surface area (Å²) in [7, 11) is 0. The zero-order valence-electron chi connectivity index (χ0n) is 11.9. The third-order valence-corrected chi connectivity index (χ3v) is 2.51. The lowest BCUT2D eigenvalue weighted by Gasteiger charge is -2.21. The summed E-state index contributed by atoms with van der Waals surface area (Å²) < 4.78 is 16.4. The molecule has 2 N–H and O–H groups in total. The smallest absolute Gasteiger partial charge is 0.422 e. The van der Waals surface area contributed by atoms with E-state index in [-0.39, 0.29) is 6.04 Å². The summed E-state index contributed by atoms with van der Waals surface area (Å²) in [6.45, 7) is 6.21. The van der Waals surface area contributed by atoms with Crippen molar-refractivity contribution in [3.05, 3.63) is 24.3 Å². The van der Waals surface area contributed by atoms with Crippen LogP contribution in [-0.4, -0.2) is 30.9 Å². The SMILES string of the molecule is CC(C)(C)OC(=O)NNC1COc2ccccc2OC1. The number of ether oxygens (including phenoxy) is 3. The Hall–Kier alpha value is -1.95. The first-order chi connectivity index (χ1) is 9.44. The van der Waals surface area contributed by atoms with Crippen molar-refractivity contribution in [1.82, 2.24) is 10.9 Å². The normalized spacial score (nSPS) is 15.3. The van der Waals surface area contributed by atoms with Crippen molar-refractivity contribution in [3.8, 4) is 11.5 Å². The number of hydrogen-bond acceptors (Lipinski definition) is 5. The Balaban J connectivity index is 1.80. The second-order valence-corrected chi connectivity index (χ2v) is 5.54. The summed E-state index contributed by atoms with van der Waals surface area (Å²) >= 11 is 0. The van der Waals surface area contributed by atoms with Gasteiger partial charge in [-0.3, -0.25) is 5.43 Å². The molecule has 0 bridgehead atoms. The summed E-state index contributed by atoms with van der Waals surface area (Å²) in [6.07, 6.45) is -0.528. The number of fused-ring (bicyclic) bond motifs is 1. The number of hydrazine groups is 1. The summed E-state index contributed by atoms with van der Waals surface area (Å²) in [5.74, 6) is 1.41. The van der Waals surface area contributed by atoms with Gasteiger partial charge in [0.25, 0.3) is 0 Å². The number of carbonyl (C=O) groups excluding carboxylic acids is 1. The first-order valence-corrected chi connectivity index (χ1v) is 6.53. The Bertz CT molecular complexity index is 443. The fourth-order valence-electron chi connectivity index (χ4n) is 1.67. The minimum Gasteiger partial charge on any atom is -0.488 e. The van der Waals surface area contributed by atoms with Gasteiger partial charge in [0.05, 0.1) is 6.04 Å². The Kier molecular flexibility index (Phi) is 4.34. The van der Waals surface area contributed by atoms with E-state index in [9.17, 15) is 4.79 Å². The summed E-state index contributed by atoms with van der Waals surface area (Å²) in [6, 6.07) is 7.30. The molecule has 0 radical (unpaired) electrons. The Labute approximate surface area is 118 Å². The van der Waals surface area contributed by atoms with E-state index in [1.165, 1.54) is 0 Å². The molecule has 0 aliphatic carbocycles. The molecule has 0 atom stereocenters. The van der Waals surface area contributed by atoms with E-state index in [0.29, 0.717) is 24.7 Å². The molecule has 0 saturated carbocycles. The van der Waals surface area contributed by atoms with Gasteiger partial charge in [-0.25, -0.2) is 10.2 Å². The Morgan fingerprint density at radius 1 is 1.20 bits per heavy atom. The molecule has 110 valence electrons. The average molecular weight is 280 g/mol. The largest absolute Gasteiger partial charge is 0.488 e. The zero-order valence-corrected chi connectivity index (χ0v) is 11.9. The van der Waals surface area contributed by atoms with Crippen molar-refractivity contribution < 1.29 is 19.0 Å². The van der Waals surface area contributed by atoms with Crippen molar-refractivity contribution in [3.63, 3.8) is 0 Å². The predicted octanol–water partition coefficient (Wildman–Crippen LogP) is 1.86. The Morgan fingerprint density at radius 2 is 1.75 bits per heavy atom. The van der Waals surface area contributed by atoms with Crippen LogP contribution in [0.4, 0.5) is 4.79 Å². The van der Waals surface area contributed by atoms with E-state index in [2.05, 4.69) is 10.9 Å². The van der Waals surface area contributed by atoms with Crippen LogP contribution in [0.2, 0.25) is 0 Å². The molecule has 1 aliphatic heterocycles. The van der Waals surface area contributed by atoms with Crippen molar-refractivity contribution >= 4 is 6.09 Å². The van der Waals surface area contributed by atoms with E-state index in [1.807, 2.05) is 24.3 Å². The molecule has 0 fully saturated rings. The van der Waals surface area contributed by atoms with Crippen molar-refractivity contribution in [2.45, 2.75) is 32.4 Å². The molecule has 0 saturated heterocycles. The van der Waals surface area contributed by atoms with Gasteiger partial charge < -0.3 is 14.2 Å². The van der Waals surface area contributed by atoms with Gasteiger partial charge in [0.15, 0.2) is 11.5 Å². The lowest BCUT2D eigenvalue weighted by Crippen LogP contribution is -2.50. The molecule has 1 aliphatic rings. The second-order valence-electron chi connectivity index (χ2n) is 5.54. The number of hydrogen-bond donors (Lipinski definition) is 2. The van der Waals surface area contributed by atoms with Gasteiger partial charge in [0.2, 0.25) is 0 Å². The van der Waals surface area contributed by atoms with Gasteiger partial charge in [0.1, 0.15) is 18.8 Å². The third-order valence-electron chi connectivity index (χ3n) is 2.51. The average Bonchev–Trinajstić information content (AvgIpc) is 2.57. The number of rotatable bonds is 2. The van der Waals surface area contributed by atoms with Gasteiger partial charge in [-0.15, -0.1) is 0 Å². The molecule has 1 aromatic rings. The van der Waals surface area contributed by atoms with Crippen LogP contribution in [0.25, 0.3) is 0 Å². The van der Waals surface area contributed by atoms with E-state index in [1.54, 1.807) is 20.8 Å². The van der Waals surface area contributed by atoms with Crippen molar-refractivity contribution in [2.75, 3.05) is 13.2 Å². The maximum absolute atomic E-state index is 11.5. The van der Waals surface area contributed by atoms with Crippen LogP contribution in [-0.2, 0) is 4.74 Å². The van der Waals surface area contributed by atoms with Crippen molar-refractivity contribution in [2.24, 2.45) is 0 Å². The lowest BCUT2D eigenvalue weighted by molar-refractivity contribution is 0.0475. The van der Waals surface area contributed by atoms with Crippen LogP contribution in [0, 0.1) is 0 Å². The molecule has 0 unspecified atom stereocenters. The predicted molar refractivity (Wildman–Crippen MR) is 73.7 cm³/mol. The van der Waals surface area contributed by atoms with Crippen LogP contribution in [0.15, 0.2) is 24.3 Å². The van der Waals surface area contributed by atoms with Gasteiger partial charge in [-0.2, -0.15) is 0 Å². The van der Waals surface area contributed by atoms with Gasteiger partial charge in [0, 0.05) is 0 Å². The second kappa shape index (κ2) is 6.00. The van der Waals surface area contributed by atoms with E-state index in [4.69, 9.17) is 14.2 Å². The van der Waals surface area contributed by atoms with E-state index in [0.717, 1.165) is 0 Å². The van der Waals surface area contributed by atoms with Gasteiger partial charge >= 0.3 is 6.09 Å². The zero-order chi connectivity index (χ0) is 14.6. The first-order valence-electron chi connectivity index (χ1n) is 6.53. The summed E-state index contributed by atoms with van der Waals surface area (Å²) in [5, 5.41) is 0. The highest BCUT2D eigenvalue weighted by molar-refractivity contribution is 5.67. The highest BCUT2D eigenvalue weighted by atomic mass is 16.6. The van der Waals surface area contributed by atoms with E-state index < -0.39 is 11.7 Å². The fourth-order valence-corrected chi connectivity index (χ4v) is 1.67. The maximum atomic E-state index is 11.5. The molecule has 6 heteroatoms. The molecular formula is C14H20N2O4. The molecule has 1 heterocycles. The molecule has 6 nitrogen and oxygen atoms in total. The summed E-state index contributed by atoms with van der Waals surface area (Å²) in [5.41, 5.74) is 4.81. The lowest BCUT2D eigenvalue weighted by atomic mass is 10.2. The van der Waals surface area contributed by atoms with Crippen LogP contribution in [0.5, 0.6) is 11.5 Å². The van der Waals surface area contributed by atoms with Crippen LogP contribution in [0.3, 0.4) is 0 Å². The van der Waals surface area contributed by atoms with E-state index >= 15 is 0 Å². The summed E-state index contributed by atoms with van der Waals surface area (Å²) in [4.78, 5) is 11.5. The topological polar surface area (TPSA) is 68.8 Å². The maximum Gasteiger partial charge on any atom is 0.422 e. The number of para-hydroxylation sites is 2. The molecule has 1 aromatic carbocycles. The Morgan fingerprint density at radius 3 is 2.25 bits per heavy atom. The third kappa shape index (κ3) is 4.31. The quantitative estimate of drug-likeness (QED) is 0.809. The molecule has 0 spiro atoms. The van der Waals surface area contributed by atoms with Gasteiger partial charge in [-0.05, 0) is 32.9 Å². The number of nitrogens with one attached hydrogen (secondary N) is 2. The number of amides is 1. The molecule has 0 aromatic heterocycles. The number of carbonyl (C=O) groups is 1. The number of benzene rings is 1. The fraction of sp³-hybridized carbons (Fsp3) is 0.500. The molecule has 2 rings (SSSR count).